The molecule has 1 aromatic rings. The quantitative estimate of drug-likeness (QED) is 0.610. The van der Waals surface area contributed by atoms with E-state index >= 15 is 0 Å². The zero-order chi connectivity index (χ0) is 10.9. The fourth-order valence-corrected chi connectivity index (χ4v) is 1.18. The van der Waals surface area contributed by atoms with Gasteiger partial charge >= 0.3 is 0 Å². The lowest BCUT2D eigenvalue weighted by Gasteiger charge is -2.15. The largest absolute Gasteiger partial charge is 0.390 e. The summed E-state index contributed by atoms with van der Waals surface area (Å²) in [7, 11) is 0. The van der Waals surface area contributed by atoms with Crippen molar-refractivity contribution in [3.8, 4) is 0 Å². The van der Waals surface area contributed by atoms with Crippen LogP contribution in [-0.4, -0.2) is 11.7 Å². The van der Waals surface area contributed by atoms with Crippen molar-refractivity contribution in [1.82, 2.24) is 0 Å². The molecule has 0 aromatic heterocycles. The van der Waals surface area contributed by atoms with E-state index in [1.807, 2.05) is 0 Å². The number of hydrogen-bond acceptors (Lipinski definition) is 1. The average Bonchev–Trinajstić information content (AvgIpc) is 2.11. The molecule has 0 amide bonds. The van der Waals surface area contributed by atoms with Gasteiger partial charge in [-0.05, 0) is 12.1 Å². The zero-order valence-corrected chi connectivity index (χ0v) is 7.45. The molecule has 0 atom stereocenters. The Morgan fingerprint density at radius 3 is 2.21 bits per heavy atom. The predicted octanol–water partition coefficient (Wildman–Crippen LogP) is 2.70. The molecule has 0 saturated heterocycles. The molecular weight excluding hydrogens is 224 g/mol. The van der Waals surface area contributed by atoms with Crippen molar-refractivity contribution in [3.05, 3.63) is 34.4 Å². The average molecular weight is 229 g/mol. The second-order valence-corrected chi connectivity index (χ2v) is 3.02. The first-order valence-corrected chi connectivity index (χ1v) is 3.90. The van der Waals surface area contributed by atoms with Gasteiger partial charge in [0.25, 0.3) is 5.92 Å². The maximum Gasteiger partial charge on any atom is 0.297 e. The first-order chi connectivity index (χ1) is 6.38. The van der Waals surface area contributed by atoms with E-state index in [-0.39, 0.29) is 6.07 Å². The highest BCUT2D eigenvalue weighted by atomic mass is 35.5. The van der Waals surface area contributed by atoms with E-state index in [2.05, 4.69) is 0 Å². The minimum absolute atomic E-state index is 0.272. The molecule has 0 bridgehead atoms. The Labute approximate surface area is 81.9 Å². The van der Waals surface area contributed by atoms with E-state index in [0.29, 0.717) is 6.07 Å². The molecule has 1 aromatic carbocycles. The van der Waals surface area contributed by atoms with Gasteiger partial charge in [-0.25, -0.2) is 8.78 Å². The molecule has 1 nitrogen and oxygen atoms in total. The third kappa shape index (κ3) is 1.99. The molecule has 0 saturated carbocycles. The normalized spacial score (nSPS) is 11.9. The van der Waals surface area contributed by atoms with E-state index in [4.69, 9.17) is 16.7 Å². The van der Waals surface area contributed by atoms with Gasteiger partial charge in [0, 0.05) is 5.56 Å². The smallest absolute Gasteiger partial charge is 0.297 e. The molecule has 0 aliphatic heterocycles. The summed E-state index contributed by atoms with van der Waals surface area (Å²) in [6.07, 6.45) is 0. The Morgan fingerprint density at radius 2 is 1.71 bits per heavy atom. The van der Waals surface area contributed by atoms with Crippen LogP contribution in [0.4, 0.5) is 17.6 Å². The van der Waals surface area contributed by atoms with Gasteiger partial charge in [0.15, 0.2) is 11.6 Å². The second-order valence-electron chi connectivity index (χ2n) is 2.61. The lowest BCUT2D eigenvalue weighted by molar-refractivity contribution is -0.0558. The molecule has 1 rings (SSSR count). The van der Waals surface area contributed by atoms with Gasteiger partial charge in [0.2, 0.25) is 0 Å². The summed E-state index contributed by atoms with van der Waals surface area (Å²) < 4.78 is 50.7. The monoisotopic (exact) mass is 228 g/mol. The lowest BCUT2D eigenvalue weighted by Crippen LogP contribution is -2.19. The van der Waals surface area contributed by atoms with Crippen LogP contribution in [0.2, 0.25) is 5.02 Å². The molecule has 0 radical (unpaired) electrons. The minimum atomic E-state index is -3.67. The predicted molar refractivity (Wildman–Crippen MR) is 42.3 cm³/mol. The summed E-state index contributed by atoms with van der Waals surface area (Å²) in [5.74, 6) is -6.42. The number of alkyl halides is 2. The molecule has 14 heavy (non-hydrogen) atoms. The van der Waals surface area contributed by atoms with E-state index in [1.165, 1.54) is 0 Å². The zero-order valence-electron chi connectivity index (χ0n) is 6.70. The standard InChI is InChI=1S/C8H5ClF4O/c9-5-2-7(11)6(10)1-4(5)8(12,13)3-14/h1-2,14H,3H2. The Kier molecular flexibility index (Phi) is 3.01. The van der Waals surface area contributed by atoms with Gasteiger partial charge < -0.3 is 5.11 Å². The highest BCUT2D eigenvalue weighted by Crippen LogP contribution is 2.34. The molecule has 78 valence electrons. The topological polar surface area (TPSA) is 20.2 Å². The molecule has 6 heteroatoms. The van der Waals surface area contributed by atoms with Crippen LogP contribution >= 0.6 is 11.6 Å². The molecule has 0 unspecified atom stereocenters. The summed E-state index contributed by atoms with van der Waals surface area (Å²) in [5, 5.41) is 7.68. The van der Waals surface area contributed by atoms with E-state index in [1.54, 1.807) is 0 Å². The van der Waals surface area contributed by atoms with Crippen LogP contribution in [0.5, 0.6) is 0 Å². The number of aliphatic hydroxyl groups excluding tert-OH is 1. The van der Waals surface area contributed by atoms with Crippen molar-refractivity contribution in [2.24, 2.45) is 0 Å². The van der Waals surface area contributed by atoms with Crippen LogP contribution in [0.3, 0.4) is 0 Å². The lowest BCUT2D eigenvalue weighted by atomic mass is 10.1. The molecule has 0 aliphatic rings. The summed E-state index contributed by atoms with van der Waals surface area (Å²) in [4.78, 5) is 0. The molecule has 0 heterocycles. The van der Waals surface area contributed by atoms with Crippen molar-refractivity contribution in [3.63, 3.8) is 0 Å². The Balaban J connectivity index is 3.29. The summed E-state index contributed by atoms with van der Waals surface area (Å²) in [6.45, 7) is -1.52. The van der Waals surface area contributed by atoms with Gasteiger partial charge in [0.1, 0.15) is 6.61 Å². The number of halogens is 5. The first kappa shape index (κ1) is 11.3. The maximum atomic E-state index is 12.8. The van der Waals surface area contributed by atoms with Crippen molar-refractivity contribution in [1.29, 1.82) is 0 Å². The van der Waals surface area contributed by atoms with E-state index in [9.17, 15) is 17.6 Å². The van der Waals surface area contributed by atoms with Crippen LogP contribution in [0.1, 0.15) is 5.56 Å². The third-order valence-corrected chi connectivity index (χ3v) is 1.92. The van der Waals surface area contributed by atoms with Gasteiger partial charge in [-0.1, -0.05) is 11.6 Å². The Bertz CT molecular complexity index is 353. The van der Waals surface area contributed by atoms with Gasteiger partial charge in [-0.2, -0.15) is 8.78 Å². The molecule has 0 aliphatic carbocycles. The first-order valence-electron chi connectivity index (χ1n) is 3.52. The second kappa shape index (κ2) is 3.74. The van der Waals surface area contributed by atoms with Crippen LogP contribution in [-0.2, 0) is 5.92 Å². The number of benzene rings is 1. The van der Waals surface area contributed by atoms with Crippen LogP contribution in [0.15, 0.2) is 12.1 Å². The van der Waals surface area contributed by atoms with Crippen LogP contribution in [0, 0.1) is 11.6 Å². The summed E-state index contributed by atoms with van der Waals surface area (Å²) in [5.41, 5.74) is -0.930. The minimum Gasteiger partial charge on any atom is -0.390 e. The molecule has 1 N–H and O–H groups in total. The van der Waals surface area contributed by atoms with Gasteiger partial charge in [-0.3, -0.25) is 0 Å². The van der Waals surface area contributed by atoms with E-state index < -0.39 is 34.7 Å². The molecule has 0 spiro atoms. The van der Waals surface area contributed by atoms with Crippen LogP contribution < -0.4 is 0 Å². The number of aliphatic hydroxyl groups is 1. The van der Waals surface area contributed by atoms with E-state index in [0.717, 1.165) is 0 Å². The summed E-state index contributed by atoms with van der Waals surface area (Å²) >= 11 is 5.27. The molecule has 0 fully saturated rings. The maximum absolute atomic E-state index is 12.8. The van der Waals surface area contributed by atoms with Crippen LogP contribution in [0.25, 0.3) is 0 Å². The fraction of sp³-hybridized carbons (Fsp3) is 0.250. The highest BCUT2D eigenvalue weighted by Gasteiger charge is 2.34. The molecular formula is C8H5ClF4O. The third-order valence-electron chi connectivity index (χ3n) is 1.60. The van der Waals surface area contributed by atoms with Gasteiger partial charge in [-0.15, -0.1) is 0 Å². The van der Waals surface area contributed by atoms with Gasteiger partial charge in [0.05, 0.1) is 5.02 Å². The number of hydrogen-bond donors (Lipinski definition) is 1. The Morgan fingerprint density at radius 1 is 1.21 bits per heavy atom. The Hall–Kier alpha value is -0.810. The summed E-state index contributed by atoms with van der Waals surface area (Å²) in [6, 6.07) is 0.712. The van der Waals surface area contributed by atoms with Crippen molar-refractivity contribution in [2.75, 3.05) is 6.61 Å². The van der Waals surface area contributed by atoms with Crippen molar-refractivity contribution in [2.45, 2.75) is 5.92 Å². The fourth-order valence-electron chi connectivity index (χ4n) is 0.888. The van der Waals surface area contributed by atoms with Crippen molar-refractivity contribution < 1.29 is 22.7 Å². The SMILES string of the molecule is OCC(F)(F)c1cc(F)c(F)cc1Cl. The van der Waals surface area contributed by atoms with Crippen molar-refractivity contribution >= 4 is 11.6 Å². The highest BCUT2D eigenvalue weighted by molar-refractivity contribution is 6.31. The number of rotatable bonds is 2.